The van der Waals surface area contributed by atoms with Crippen LogP contribution in [-0.2, 0) is 17.8 Å². The predicted octanol–water partition coefficient (Wildman–Crippen LogP) is 5.02. The highest BCUT2D eigenvalue weighted by molar-refractivity contribution is 14.1. The fourth-order valence-corrected chi connectivity index (χ4v) is 4.21. The number of aliphatic hydroxyl groups is 1. The quantitative estimate of drug-likeness (QED) is 0.448. The Morgan fingerprint density at radius 2 is 1.96 bits per heavy atom. The lowest BCUT2D eigenvalue weighted by molar-refractivity contribution is -0.242. The van der Waals surface area contributed by atoms with Gasteiger partial charge in [-0.25, -0.2) is 4.39 Å². The molecular formula is C22H27FINO3. The molecule has 152 valence electrons. The van der Waals surface area contributed by atoms with E-state index >= 15 is 4.39 Å². The Morgan fingerprint density at radius 3 is 2.61 bits per heavy atom. The average Bonchev–Trinajstić information content (AvgIpc) is 3.04. The molecule has 2 atom stereocenters. The number of halogens is 2. The third-order valence-corrected chi connectivity index (χ3v) is 5.66. The van der Waals surface area contributed by atoms with Crippen molar-refractivity contribution in [2.45, 2.75) is 58.3 Å². The molecule has 4 nitrogen and oxygen atoms in total. The minimum atomic E-state index is -1.05. The van der Waals surface area contributed by atoms with Gasteiger partial charge in [0.15, 0.2) is 11.6 Å². The molecule has 0 aliphatic heterocycles. The van der Waals surface area contributed by atoms with Crippen LogP contribution in [0.2, 0.25) is 0 Å². The summed E-state index contributed by atoms with van der Waals surface area (Å²) in [6.07, 6.45) is 0.286. The minimum absolute atomic E-state index is 0.0986. The zero-order valence-electron chi connectivity index (χ0n) is 16.7. The Morgan fingerprint density at radius 1 is 1.29 bits per heavy atom. The summed E-state index contributed by atoms with van der Waals surface area (Å²) in [5.74, 6) is 0.0120. The second-order valence-electron chi connectivity index (χ2n) is 8.12. The lowest BCUT2D eigenvalue weighted by Crippen LogP contribution is -2.41. The molecule has 6 heteroatoms. The van der Waals surface area contributed by atoms with Crippen molar-refractivity contribution in [2.75, 3.05) is 7.05 Å². The number of benzene rings is 2. The van der Waals surface area contributed by atoms with Gasteiger partial charge in [-0.15, -0.1) is 0 Å². The number of hydrogen-bond donors (Lipinski definition) is 1. The normalized spacial score (nSPS) is 17.6. The maximum absolute atomic E-state index is 15.2. The smallest absolute Gasteiger partial charge is 0.216 e. The Kier molecular flexibility index (Phi) is 6.64. The van der Waals surface area contributed by atoms with Crippen molar-refractivity contribution in [1.82, 2.24) is 4.90 Å². The molecule has 28 heavy (non-hydrogen) atoms. The lowest BCUT2D eigenvalue weighted by Gasteiger charge is -2.34. The van der Waals surface area contributed by atoms with Crippen LogP contribution in [0.5, 0.6) is 5.75 Å². The first-order valence-electron chi connectivity index (χ1n) is 9.42. The second kappa shape index (κ2) is 8.65. The zero-order chi connectivity index (χ0) is 20.5. The summed E-state index contributed by atoms with van der Waals surface area (Å²) in [6.45, 7) is 6.01. The molecule has 0 aromatic heterocycles. The standard InChI is InChI=1S/C22H27FINO3/c1-22(2,3)28-21(26)25(4)18-11-10-15-16(18)12-17(24)20(19(15)23)27-13-14-8-6-5-7-9-14/h5-9,12,18,21,26H,10-11,13H2,1-4H3. The first-order valence-corrected chi connectivity index (χ1v) is 10.5. The van der Waals surface area contributed by atoms with Crippen molar-refractivity contribution in [1.29, 1.82) is 0 Å². The zero-order valence-corrected chi connectivity index (χ0v) is 18.9. The molecule has 1 aliphatic rings. The van der Waals surface area contributed by atoms with Crippen LogP contribution in [-0.4, -0.2) is 29.1 Å². The number of ether oxygens (including phenoxy) is 2. The molecule has 0 saturated heterocycles. The maximum atomic E-state index is 15.2. The molecule has 2 aromatic rings. The van der Waals surface area contributed by atoms with E-state index in [1.54, 1.807) is 11.9 Å². The molecule has 3 rings (SSSR count). The van der Waals surface area contributed by atoms with E-state index < -0.39 is 12.0 Å². The first-order chi connectivity index (χ1) is 13.2. The van der Waals surface area contributed by atoms with E-state index in [1.165, 1.54) is 0 Å². The van der Waals surface area contributed by atoms with Crippen LogP contribution >= 0.6 is 22.6 Å². The van der Waals surface area contributed by atoms with Gasteiger partial charge in [0.05, 0.1) is 9.17 Å². The second-order valence-corrected chi connectivity index (χ2v) is 9.28. The molecule has 0 radical (unpaired) electrons. The molecule has 0 fully saturated rings. The van der Waals surface area contributed by atoms with Crippen molar-refractivity contribution in [3.63, 3.8) is 0 Å². The molecule has 1 aliphatic carbocycles. The van der Waals surface area contributed by atoms with E-state index in [0.29, 0.717) is 24.3 Å². The van der Waals surface area contributed by atoms with Gasteiger partial charge in [-0.3, -0.25) is 4.90 Å². The number of hydrogen-bond acceptors (Lipinski definition) is 4. The number of aliphatic hydroxyl groups excluding tert-OH is 1. The summed E-state index contributed by atoms with van der Waals surface area (Å²) in [7, 11) is 1.81. The Hall–Kier alpha value is -1.22. The van der Waals surface area contributed by atoms with Crippen molar-refractivity contribution < 1.29 is 19.0 Å². The highest BCUT2D eigenvalue weighted by atomic mass is 127. The van der Waals surface area contributed by atoms with E-state index in [2.05, 4.69) is 22.6 Å². The van der Waals surface area contributed by atoms with Gasteiger partial charge < -0.3 is 14.6 Å². The molecule has 1 N–H and O–H groups in total. The van der Waals surface area contributed by atoms with E-state index in [1.807, 2.05) is 57.2 Å². The Bertz CT molecular complexity index is 823. The Balaban J connectivity index is 1.80. The molecule has 0 spiro atoms. The van der Waals surface area contributed by atoms with Crippen LogP contribution in [0.15, 0.2) is 36.4 Å². The summed E-state index contributed by atoms with van der Waals surface area (Å²) < 4.78 is 27.4. The SMILES string of the molecule is CN(C(O)OC(C)(C)C)C1CCc2c1cc(I)c(OCc1ccccc1)c2F. The fraction of sp³-hybridized carbons (Fsp3) is 0.455. The monoisotopic (exact) mass is 499 g/mol. The van der Waals surface area contributed by atoms with E-state index in [-0.39, 0.29) is 11.9 Å². The van der Waals surface area contributed by atoms with Gasteiger partial charge >= 0.3 is 0 Å². The van der Waals surface area contributed by atoms with Gasteiger partial charge in [0, 0.05) is 6.04 Å². The molecule has 2 unspecified atom stereocenters. The molecular weight excluding hydrogens is 472 g/mol. The van der Waals surface area contributed by atoms with Crippen molar-refractivity contribution in [3.05, 3.63) is 62.5 Å². The molecule has 2 aromatic carbocycles. The number of fused-ring (bicyclic) bond motifs is 1. The van der Waals surface area contributed by atoms with Crippen LogP contribution in [0, 0.1) is 9.39 Å². The van der Waals surface area contributed by atoms with E-state index in [0.717, 1.165) is 21.1 Å². The van der Waals surface area contributed by atoms with Gasteiger partial charge in [-0.1, -0.05) is 30.3 Å². The van der Waals surface area contributed by atoms with Crippen LogP contribution < -0.4 is 4.74 Å². The average molecular weight is 499 g/mol. The Labute approximate surface area is 179 Å². The highest BCUT2D eigenvalue weighted by Gasteiger charge is 2.34. The third-order valence-electron chi connectivity index (χ3n) is 4.86. The fourth-order valence-electron chi connectivity index (χ4n) is 3.48. The minimum Gasteiger partial charge on any atom is -0.485 e. The van der Waals surface area contributed by atoms with Gasteiger partial charge in [-0.05, 0) is 86.0 Å². The number of rotatable bonds is 6. The highest BCUT2D eigenvalue weighted by Crippen LogP contribution is 2.42. The third kappa shape index (κ3) is 4.84. The summed E-state index contributed by atoms with van der Waals surface area (Å²) in [6, 6.07) is 11.6. The van der Waals surface area contributed by atoms with Gasteiger partial charge in [-0.2, -0.15) is 0 Å². The summed E-state index contributed by atoms with van der Waals surface area (Å²) in [5, 5.41) is 10.4. The van der Waals surface area contributed by atoms with Crippen molar-refractivity contribution in [2.24, 2.45) is 0 Å². The van der Waals surface area contributed by atoms with E-state index in [9.17, 15) is 5.11 Å². The van der Waals surface area contributed by atoms with Crippen molar-refractivity contribution >= 4 is 22.6 Å². The molecule has 0 bridgehead atoms. The molecule has 0 heterocycles. The molecule has 0 amide bonds. The van der Waals surface area contributed by atoms with Crippen LogP contribution in [0.1, 0.15) is 49.9 Å². The van der Waals surface area contributed by atoms with Gasteiger partial charge in [0.1, 0.15) is 6.61 Å². The van der Waals surface area contributed by atoms with Crippen LogP contribution in [0.4, 0.5) is 4.39 Å². The number of nitrogens with zero attached hydrogens (tertiary/aromatic N) is 1. The largest absolute Gasteiger partial charge is 0.485 e. The summed E-state index contributed by atoms with van der Waals surface area (Å²) >= 11 is 2.12. The van der Waals surface area contributed by atoms with Crippen molar-refractivity contribution in [3.8, 4) is 5.75 Å². The maximum Gasteiger partial charge on any atom is 0.216 e. The van der Waals surface area contributed by atoms with E-state index in [4.69, 9.17) is 9.47 Å². The predicted molar refractivity (Wildman–Crippen MR) is 116 cm³/mol. The first kappa shape index (κ1) is 21.5. The van der Waals surface area contributed by atoms with Gasteiger partial charge in [0.25, 0.3) is 0 Å². The van der Waals surface area contributed by atoms with Gasteiger partial charge in [0.2, 0.25) is 6.41 Å². The van der Waals surface area contributed by atoms with Crippen LogP contribution in [0.3, 0.4) is 0 Å². The topological polar surface area (TPSA) is 41.9 Å². The van der Waals surface area contributed by atoms with Crippen LogP contribution in [0.25, 0.3) is 0 Å². The summed E-state index contributed by atoms with van der Waals surface area (Å²) in [4.78, 5) is 1.76. The lowest BCUT2D eigenvalue weighted by atomic mass is 10.1. The summed E-state index contributed by atoms with van der Waals surface area (Å²) in [5.41, 5.74) is 2.10. The molecule has 0 saturated carbocycles.